The smallest absolute Gasteiger partial charge is 0.259 e. The third kappa shape index (κ3) is 4.85. The molecule has 0 atom stereocenters. The fraction of sp³-hybridized carbons (Fsp3) is 0.182. The molecule has 0 radical (unpaired) electrons. The Hall–Kier alpha value is -3.34. The molecule has 3 rings (SSSR count). The van der Waals surface area contributed by atoms with Gasteiger partial charge in [0.05, 0.1) is 19.4 Å². The lowest BCUT2D eigenvalue weighted by molar-refractivity contribution is -0.119. The van der Waals surface area contributed by atoms with E-state index in [-0.39, 0.29) is 12.5 Å². The van der Waals surface area contributed by atoms with Gasteiger partial charge >= 0.3 is 0 Å². The van der Waals surface area contributed by atoms with Gasteiger partial charge in [-0.2, -0.15) is 5.10 Å². The highest BCUT2D eigenvalue weighted by molar-refractivity contribution is 6.02. The van der Waals surface area contributed by atoms with E-state index in [9.17, 15) is 4.79 Å². The third-order valence-electron chi connectivity index (χ3n) is 4.08. The van der Waals surface area contributed by atoms with Crippen molar-refractivity contribution in [2.45, 2.75) is 13.8 Å². The molecule has 0 aromatic heterocycles. The van der Waals surface area contributed by atoms with Gasteiger partial charge in [-0.05, 0) is 48.4 Å². The Kier molecular flexibility index (Phi) is 6.05. The van der Waals surface area contributed by atoms with Crippen molar-refractivity contribution < 1.29 is 9.53 Å². The van der Waals surface area contributed by atoms with Crippen LogP contribution in [0.5, 0.6) is 5.75 Å². The van der Waals surface area contributed by atoms with E-state index in [1.807, 2.05) is 74.5 Å². The summed E-state index contributed by atoms with van der Waals surface area (Å²) in [5, 5.41) is 9.32. The van der Waals surface area contributed by atoms with E-state index in [0.29, 0.717) is 6.61 Å². The Bertz CT molecular complexity index is 967. The maximum absolute atomic E-state index is 12.0. The molecule has 3 aromatic rings. The maximum Gasteiger partial charge on any atom is 0.259 e. The van der Waals surface area contributed by atoms with Gasteiger partial charge in [0.15, 0.2) is 0 Å². The number of carbonyl (C=O) groups excluding carboxylic acids is 1. The van der Waals surface area contributed by atoms with Crippen molar-refractivity contribution in [3.63, 3.8) is 0 Å². The number of hydrazone groups is 1. The number of nitrogens with zero attached hydrogens (tertiary/aromatic N) is 1. The number of benzene rings is 3. The molecule has 3 aromatic carbocycles. The first-order valence-electron chi connectivity index (χ1n) is 8.94. The number of nitrogens with one attached hydrogen (secondary N) is 2. The van der Waals surface area contributed by atoms with Crippen molar-refractivity contribution in [3.8, 4) is 5.75 Å². The average molecular weight is 361 g/mol. The molecule has 5 nitrogen and oxygen atoms in total. The topological polar surface area (TPSA) is 62.7 Å². The fourth-order valence-corrected chi connectivity index (χ4v) is 2.84. The van der Waals surface area contributed by atoms with Gasteiger partial charge < -0.3 is 10.1 Å². The van der Waals surface area contributed by atoms with Crippen molar-refractivity contribution in [3.05, 3.63) is 71.8 Å². The van der Waals surface area contributed by atoms with Gasteiger partial charge in [-0.1, -0.05) is 42.5 Å². The van der Waals surface area contributed by atoms with Gasteiger partial charge in [0.2, 0.25) is 0 Å². The second-order valence-electron chi connectivity index (χ2n) is 6.15. The first-order chi connectivity index (χ1) is 13.2. The van der Waals surface area contributed by atoms with E-state index in [1.165, 1.54) is 0 Å². The number of ether oxygens (including phenoxy) is 1. The molecule has 0 aliphatic carbocycles. The molecular formula is C22H23N3O2. The lowest BCUT2D eigenvalue weighted by Gasteiger charge is -2.10. The van der Waals surface area contributed by atoms with Crippen molar-refractivity contribution in [1.29, 1.82) is 0 Å². The Morgan fingerprint density at radius 2 is 1.96 bits per heavy atom. The van der Waals surface area contributed by atoms with Gasteiger partial charge in [0, 0.05) is 11.3 Å². The Labute approximate surface area is 159 Å². The van der Waals surface area contributed by atoms with E-state index >= 15 is 0 Å². The summed E-state index contributed by atoms with van der Waals surface area (Å²) in [4.78, 5) is 12.0. The van der Waals surface area contributed by atoms with Gasteiger partial charge in [0.1, 0.15) is 5.75 Å². The van der Waals surface area contributed by atoms with Crippen LogP contribution in [0.3, 0.4) is 0 Å². The minimum absolute atomic E-state index is 0.147. The molecule has 0 aliphatic rings. The number of hydrogen-bond donors (Lipinski definition) is 2. The largest absolute Gasteiger partial charge is 0.493 e. The quantitative estimate of drug-likeness (QED) is 0.492. The first-order valence-corrected chi connectivity index (χ1v) is 8.94. The van der Waals surface area contributed by atoms with Crippen LogP contribution in [0.4, 0.5) is 5.69 Å². The molecule has 27 heavy (non-hydrogen) atoms. The standard InChI is InChI=1S/C22H23N3O2/c1-3-27-21-12-11-17-8-4-5-10-19(17)20(21)14-24-25-22(26)15-23-18-9-6-7-16(2)13-18/h4-14,23H,3,15H2,1-2H3,(H,25,26)/b24-14+. The van der Waals surface area contributed by atoms with Crippen LogP contribution < -0.4 is 15.5 Å². The summed E-state index contributed by atoms with van der Waals surface area (Å²) >= 11 is 0. The SMILES string of the molecule is CCOc1ccc2ccccc2c1/C=N/NC(=O)CNc1cccc(C)c1. The number of fused-ring (bicyclic) bond motifs is 1. The van der Waals surface area contributed by atoms with Gasteiger partial charge in [0.25, 0.3) is 5.91 Å². The summed E-state index contributed by atoms with van der Waals surface area (Å²) in [7, 11) is 0. The molecule has 0 saturated carbocycles. The molecule has 1 amide bonds. The minimum atomic E-state index is -0.217. The van der Waals surface area contributed by atoms with Crippen molar-refractivity contribution in [1.82, 2.24) is 5.43 Å². The molecule has 5 heteroatoms. The Morgan fingerprint density at radius 1 is 1.11 bits per heavy atom. The number of hydrogen-bond acceptors (Lipinski definition) is 4. The Balaban J connectivity index is 1.68. The van der Waals surface area contributed by atoms with Crippen LogP contribution in [-0.4, -0.2) is 25.3 Å². The predicted molar refractivity (Wildman–Crippen MR) is 111 cm³/mol. The first kappa shape index (κ1) is 18.5. The summed E-state index contributed by atoms with van der Waals surface area (Å²) in [6.07, 6.45) is 1.64. The molecule has 0 fully saturated rings. The normalized spacial score (nSPS) is 10.9. The molecular weight excluding hydrogens is 338 g/mol. The van der Waals surface area contributed by atoms with Gasteiger partial charge in [-0.25, -0.2) is 5.43 Å². The maximum atomic E-state index is 12.0. The molecule has 138 valence electrons. The van der Waals surface area contributed by atoms with Gasteiger partial charge in [-0.15, -0.1) is 0 Å². The molecule has 0 unspecified atom stereocenters. The number of amides is 1. The van der Waals surface area contributed by atoms with E-state index in [4.69, 9.17) is 4.74 Å². The zero-order valence-electron chi connectivity index (χ0n) is 15.5. The highest BCUT2D eigenvalue weighted by Crippen LogP contribution is 2.26. The highest BCUT2D eigenvalue weighted by atomic mass is 16.5. The lowest BCUT2D eigenvalue weighted by atomic mass is 10.0. The van der Waals surface area contributed by atoms with Crippen molar-refractivity contribution >= 4 is 28.6 Å². The van der Waals surface area contributed by atoms with E-state index in [1.54, 1.807) is 6.21 Å². The van der Waals surface area contributed by atoms with Gasteiger partial charge in [-0.3, -0.25) is 4.79 Å². The number of aryl methyl sites for hydroxylation is 1. The van der Waals surface area contributed by atoms with Crippen molar-refractivity contribution in [2.75, 3.05) is 18.5 Å². The van der Waals surface area contributed by atoms with E-state index < -0.39 is 0 Å². The van der Waals surface area contributed by atoms with Crippen LogP contribution in [0, 0.1) is 6.92 Å². The molecule has 2 N–H and O–H groups in total. The summed E-state index contributed by atoms with van der Waals surface area (Å²) < 4.78 is 5.70. The van der Waals surface area contributed by atoms with Crippen LogP contribution in [-0.2, 0) is 4.79 Å². The average Bonchev–Trinajstić information content (AvgIpc) is 2.68. The van der Waals surface area contributed by atoms with Crippen LogP contribution in [0.1, 0.15) is 18.1 Å². The van der Waals surface area contributed by atoms with E-state index in [2.05, 4.69) is 15.8 Å². The number of carbonyl (C=O) groups is 1. The molecule has 0 heterocycles. The predicted octanol–water partition coefficient (Wildman–Crippen LogP) is 4.11. The van der Waals surface area contributed by atoms with Crippen LogP contribution in [0.2, 0.25) is 0 Å². The molecule has 0 aliphatic heterocycles. The molecule has 0 bridgehead atoms. The van der Waals surface area contributed by atoms with Crippen LogP contribution in [0.15, 0.2) is 65.8 Å². The second kappa shape index (κ2) is 8.85. The lowest BCUT2D eigenvalue weighted by Crippen LogP contribution is -2.25. The number of anilines is 1. The molecule has 0 spiro atoms. The van der Waals surface area contributed by atoms with Crippen LogP contribution >= 0.6 is 0 Å². The Morgan fingerprint density at radius 3 is 2.78 bits per heavy atom. The number of rotatable bonds is 7. The summed E-state index contributed by atoms with van der Waals surface area (Å²) in [6, 6.07) is 19.8. The zero-order valence-corrected chi connectivity index (χ0v) is 15.5. The molecule has 0 saturated heterocycles. The van der Waals surface area contributed by atoms with E-state index in [0.717, 1.165) is 33.3 Å². The van der Waals surface area contributed by atoms with Crippen molar-refractivity contribution in [2.24, 2.45) is 5.10 Å². The summed E-state index contributed by atoms with van der Waals surface area (Å²) in [5.74, 6) is 0.526. The van der Waals surface area contributed by atoms with Crippen LogP contribution in [0.25, 0.3) is 10.8 Å². The highest BCUT2D eigenvalue weighted by Gasteiger charge is 2.07. The fourth-order valence-electron chi connectivity index (χ4n) is 2.84. The summed E-state index contributed by atoms with van der Waals surface area (Å²) in [6.45, 7) is 4.66. The zero-order chi connectivity index (χ0) is 19.1. The summed E-state index contributed by atoms with van der Waals surface area (Å²) in [5.41, 5.74) is 5.45. The third-order valence-corrected chi connectivity index (χ3v) is 4.08. The minimum Gasteiger partial charge on any atom is -0.493 e. The second-order valence-corrected chi connectivity index (χ2v) is 6.15. The monoisotopic (exact) mass is 361 g/mol.